The highest BCUT2D eigenvalue weighted by atomic mass is 16.5. The van der Waals surface area contributed by atoms with Crippen molar-refractivity contribution in [2.75, 3.05) is 6.61 Å². The van der Waals surface area contributed by atoms with Gasteiger partial charge in [-0.3, -0.25) is 5.10 Å². The lowest BCUT2D eigenvalue weighted by atomic mass is 10.1. The van der Waals surface area contributed by atoms with Crippen molar-refractivity contribution >= 4 is 0 Å². The molecule has 2 rings (SSSR count). The van der Waals surface area contributed by atoms with Crippen molar-refractivity contribution in [2.45, 2.75) is 20.0 Å². The van der Waals surface area contributed by atoms with Crippen LogP contribution in [0.15, 0.2) is 30.3 Å². The zero-order valence-electron chi connectivity index (χ0n) is 9.81. The van der Waals surface area contributed by atoms with Gasteiger partial charge in [-0.1, -0.05) is 19.1 Å². The molecule has 0 fully saturated rings. The lowest BCUT2D eigenvalue weighted by Crippen LogP contribution is -1.96. The van der Waals surface area contributed by atoms with Gasteiger partial charge in [-0.15, -0.1) is 0 Å². The molecule has 0 amide bonds. The quantitative estimate of drug-likeness (QED) is 0.832. The number of hydrogen-bond acceptors (Lipinski definition) is 3. The van der Waals surface area contributed by atoms with Gasteiger partial charge in [0.25, 0.3) is 0 Å². The Morgan fingerprint density at radius 1 is 1.35 bits per heavy atom. The maximum atomic E-state index is 9.01. The maximum absolute atomic E-state index is 9.01. The number of H-pyrrole nitrogens is 1. The molecule has 4 nitrogen and oxygen atoms in total. The number of aromatic nitrogens is 2. The molecule has 2 aromatic rings. The van der Waals surface area contributed by atoms with Gasteiger partial charge in [0.05, 0.1) is 24.6 Å². The fraction of sp³-hybridized carbons (Fsp3) is 0.308. The Labute approximate surface area is 100 Å². The van der Waals surface area contributed by atoms with E-state index in [1.807, 2.05) is 30.3 Å². The van der Waals surface area contributed by atoms with Gasteiger partial charge < -0.3 is 9.84 Å². The third-order valence-corrected chi connectivity index (χ3v) is 2.43. The van der Waals surface area contributed by atoms with E-state index in [4.69, 9.17) is 9.84 Å². The van der Waals surface area contributed by atoms with Crippen molar-refractivity contribution < 1.29 is 9.84 Å². The maximum Gasteiger partial charge on any atom is 0.128 e. The number of para-hydroxylation sites is 1. The molecule has 0 spiro atoms. The molecule has 0 saturated heterocycles. The predicted octanol–water partition coefficient (Wildman–Crippen LogP) is 2.36. The summed E-state index contributed by atoms with van der Waals surface area (Å²) in [6.07, 6.45) is 0.969. The van der Waals surface area contributed by atoms with E-state index in [1.165, 1.54) is 0 Å². The van der Waals surface area contributed by atoms with Crippen LogP contribution in [0.1, 0.15) is 19.0 Å². The molecule has 4 heteroatoms. The molecule has 0 atom stereocenters. The van der Waals surface area contributed by atoms with Crippen LogP contribution in [0.5, 0.6) is 5.75 Å². The van der Waals surface area contributed by atoms with Crippen molar-refractivity contribution in [3.63, 3.8) is 0 Å². The van der Waals surface area contributed by atoms with Gasteiger partial charge in [0, 0.05) is 5.56 Å². The van der Waals surface area contributed by atoms with Gasteiger partial charge in [0.1, 0.15) is 5.75 Å². The smallest absolute Gasteiger partial charge is 0.128 e. The van der Waals surface area contributed by atoms with Crippen LogP contribution in [0.4, 0.5) is 0 Å². The second-order valence-electron chi connectivity index (χ2n) is 3.78. The third-order valence-electron chi connectivity index (χ3n) is 2.43. The van der Waals surface area contributed by atoms with Gasteiger partial charge in [-0.25, -0.2) is 0 Å². The summed E-state index contributed by atoms with van der Waals surface area (Å²) in [5.74, 6) is 0.824. The zero-order chi connectivity index (χ0) is 12.1. The molecule has 2 N–H and O–H groups in total. The molecule has 0 unspecified atom stereocenters. The standard InChI is InChI=1S/C13H16N2O2/c1-2-7-17-13-6-4-3-5-11(13)12-8-10(9-16)14-15-12/h3-6,8,16H,2,7,9H2,1H3,(H,14,15). The van der Waals surface area contributed by atoms with Crippen LogP contribution >= 0.6 is 0 Å². The summed E-state index contributed by atoms with van der Waals surface area (Å²) in [5, 5.41) is 15.9. The Morgan fingerprint density at radius 2 is 2.18 bits per heavy atom. The molecule has 17 heavy (non-hydrogen) atoms. The molecule has 0 aliphatic rings. The minimum Gasteiger partial charge on any atom is -0.493 e. The first-order chi connectivity index (χ1) is 8.35. The Bertz CT molecular complexity index is 480. The SMILES string of the molecule is CCCOc1ccccc1-c1cc(CO)[nH]n1. The van der Waals surface area contributed by atoms with E-state index in [9.17, 15) is 0 Å². The van der Waals surface area contributed by atoms with Gasteiger partial charge in [0.2, 0.25) is 0 Å². The van der Waals surface area contributed by atoms with E-state index >= 15 is 0 Å². The van der Waals surface area contributed by atoms with Crippen molar-refractivity contribution in [1.82, 2.24) is 10.2 Å². The number of aromatic amines is 1. The molecule has 0 radical (unpaired) electrons. The van der Waals surface area contributed by atoms with Crippen LogP contribution in [0.25, 0.3) is 11.3 Å². The minimum atomic E-state index is -0.0367. The number of ether oxygens (including phenoxy) is 1. The van der Waals surface area contributed by atoms with E-state index in [2.05, 4.69) is 17.1 Å². The highest BCUT2D eigenvalue weighted by Gasteiger charge is 2.08. The second kappa shape index (κ2) is 5.50. The number of aliphatic hydroxyl groups excluding tert-OH is 1. The lowest BCUT2D eigenvalue weighted by Gasteiger charge is -2.08. The van der Waals surface area contributed by atoms with Crippen molar-refractivity contribution in [1.29, 1.82) is 0 Å². The first-order valence-corrected chi connectivity index (χ1v) is 5.72. The topological polar surface area (TPSA) is 58.1 Å². The number of nitrogens with one attached hydrogen (secondary N) is 1. The summed E-state index contributed by atoms with van der Waals surface area (Å²) >= 11 is 0. The summed E-state index contributed by atoms with van der Waals surface area (Å²) in [4.78, 5) is 0. The molecule has 90 valence electrons. The molecular weight excluding hydrogens is 216 g/mol. The lowest BCUT2D eigenvalue weighted by molar-refractivity contribution is 0.276. The number of hydrogen-bond donors (Lipinski definition) is 2. The Morgan fingerprint density at radius 3 is 2.88 bits per heavy atom. The monoisotopic (exact) mass is 232 g/mol. The first kappa shape index (κ1) is 11.7. The highest BCUT2D eigenvalue weighted by molar-refractivity contribution is 5.67. The Hall–Kier alpha value is -1.81. The summed E-state index contributed by atoms with van der Waals surface area (Å²) in [6.45, 7) is 2.72. The highest BCUT2D eigenvalue weighted by Crippen LogP contribution is 2.28. The summed E-state index contributed by atoms with van der Waals surface area (Å²) in [7, 11) is 0. The second-order valence-corrected chi connectivity index (χ2v) is 3.78. The fourth-order valence-corrected chi connectivity index (χ4v) is 1.60. The van der Waals surface area contributed by atoms with Crippen LogP contribution in [0, 0.1) is 0 Å². The molecule has 1 heterocycles. The summed E-state index contributed by atoms with van der Waals surface area (Å²) in [6, 6.07) is 9.60. The number of nitrogens with zero attached hydrogens (tertiary/aromatic N) is 1. The minimum absolute atomic E-state index is 0.0367. The summed E-state index contributed by atoms with van der Waals surface area (Å²) in [5.41, 5.74) is 2.43. The van der Waals surface area contributed by atoms with Crippen molar-refractivity contribution in [2.24, 2.45) is 0 Å². The van der Waals surface area contributed by atoms with Gasteiger partial charge in [0.15, 0.2) is 0 Å². The largest absolute Gasteiger partial charge is 0.493 e. The normalized spacial score (nSPS) is 10.5. The van der Waals surface area contributed by atoms with Gasteiger partial charge in [-0.05, 0) is 24.6 Å². The average molecular weight is 232 g/mol. The third kappa shape index (κ3) is 2.65. The van der Waals surface area contributed by atoms with Crippen LogP contribution in [-0.4, -0.2) is 21.9 Å². The summed E-state index contributed by atoms with van der Waals surface area (Å²) < 4.78 is 5.67. The molecular formula is C13H16N2O2. The van der Waals surface area contributed by atoms with Crippen LogP contribution in [-0.2, 0) is 6.61 Å². The van der Waals surface area contributed by atoms with Crippen molar-refractivity contribution in [3.05, 3.63) is 36.0 Å². The molecule has 0 aliphatic heterocycles. The molecule has 0 aliphatic carbocycles. The predicted molar refractivity (Wildman–Crippen MR) is 65.7 cm³/mol. The van der Waals surface area contributed by atoms with E-state index in [0.717, 1.165) is 23.4 Å². The van der Waals surface area contributed by atoms with Gasteiger partial charge in [-0.2, -0.15) is 5.10 Å². The van der Waals surface area contributed by atoms with E-state index in [1.54, 1.807) is 0 Å². The molecule has 0 saturated carbocycles. The van der Waals surface area contributed by atoms with Crippen LogP contribution in [0.2, 0.25) is 0 Å². The van der Waals surface area contributed by atoms with Gasteiger partial charge >= 0.3 is 0 Å². The number of benzene rings is 1. The Balaban J connectivity index is 2.30. The first-order valence-electron chi connectivity index (χ1n) is 5.72. The average Bonchev–Trinajstić information content (AvgIpc) is 2.85. The molecule has 1 aromatic carbocycles. The molecule has 1 aromatic heterocycles. The van der Waals surface area contributed by atoms with E-state index in [0.29, 0.717) is 12.3 Å². The van der Waals surface area contributed by atoms with E-state index in [-0.39, 0.29) is 6.61 Å². The number of rotatable bonds is 5. The van der Waals surface area contributed by atoms with Crippen LogP contribution < -0.4 is 4.74 Å². The van der Waals surface area contributed by atoms with Crippen LogP contribution in [0.3, 0.4) is 0 Å². The number of aliphatic hydroxyl groups is 1. The fourth-order valence-electron chi connectivity index (χ4n) is 1.60. The Kier molecular flexibility index (Phi) is 3.77. The molecule has 0 bridgehead atoms. The van der Waals surface area contributed by atoms with Crippen molar-refractivity contribution in [3.8, 4) is 17.0 Å². The zero-order valence-corrected chi connectivity index (χ0v) is 9.81. The van der Waals surface area contributed by atoms with E-state index < -0.39 is 0 Å².